The van der Waals surface area contributed by atoms with Crippen molar-refractivity contribution in [2.24, 2.45) is 5.73 Å². The number of benzene rings is 1. The van der Waals surface area contributed by atoms with E-state index in [4.69, 9.17) is 10.5 Å². The minimum Gasteiger partial charge on any atom is -0.490 e. The Balaban J connectivity index is 2.04. The molecule has 0 aromatic heterocycles. The molecule has 0 spiro atoms. The second kappa shape index (κ2) is 7.27. The number of hydrogen-bond acceptors (Lipinski definition) is 3. The highest BCUT2D eigenvalue weighted by molar-refractivity contribution is 5.92. The van der Waals surface area contributed by atoms with Gasteiger partial charge >= 0.3 is 0 Å². The number of nitrogens with two attached hydrogens (primary N) is 1. The van der Waals surface area contributed by atoms with Gasteiger partial charge < -0.3 is 15.4 Å². The molecule has 4 nitrogen and oxygen atoms in total. The number of likely N-dealkylation sites (tertiary alicyclic amines) is 1. The summed E-state index contributed by atoms with van der Waals surface area (Å²) in [7, 11) is 0. The Morgan fingerprint density at radius 2 is 2.29 bits per heavy atom. The Morgan fingerprint density at radius 1 is 1.52 bits per heavy atom. The fourth-order valence-corrected chi connectivity index (χ4v) is 2.28. The van der Waals surface area contributed by atoms with Gasteiger partial charge in [0, 0.05) is 30.8 Å². The summed E-state index contributed by atoms with van der Waals surface area (Å²) >= 11 is 0. The maximum absolute atomic E-state index is 12.1. The smallest absolute Gasteiger partial charge is 0.246 e. The van der Waals surface area contributed by atoms with Crippen LogP contribution in [0.4, 0.5) is 0 Å². The average molecular weight is 288 g/mol. The summed E-state index contributed by atoms with van der Waals surface area (Å²) < 4.78 is 5.87. The van der Waals surface area contributed by atoms with E-state index in [0.29, 0.717) is 6.54 Å². The van der Waals surface area contributed by atoms with Gasteiger partial charge in [-0.1, -0.05) is 25.1 Å². The van der Waals surface area contributed by atoms with Gasteiger partial charge in [0.25, 0.3) is 0 Å². The van der Waals surface area contributed by atoms with Crippen molar-refractivity contribution in [3.63, 3.8) is 0 Å². The largest absolute Gasteiger partial charge is 0.490 e. The Bertz CT molecular complexity index is 513. The molecule has 2 atom stereocenters. The highest BCUT2D eigenvalue weighted by Crippen LogP contribution is 2.21. The molecule has 1 saturated heterocycles. The predicted molar refractivity (Wildman–Crippen MR) is 85.0 cm³/mol. The lowest BCUT2D eigenvalue weighted by molar-refractivity contribution is -0.124. The second-order valence-corrected chi connectivity index (χ2v) is 5.54. The van der Waals surface area contributed by atoms with Crippen LogP contribution in [0, 0.1) is 0 Å². The summed E-state index contributed by atoms with van der Waals surface area (Å²) in [6, 6.07) is 7.89. The molecule has 114 valence electrons. The highest BCUT2D eigenvalue weighted by Gasteiger charge is 2.21. The van der Waals surface area contributed by atoms with Gasteiger partial charge in [-0.25, -0.2) is 0 Å². The number of ether oxygens (including phenoxy) is 1. The Morgan fingerprint density at radius 3 is 2.95 bits per heavy atom. The fourth-order valence-electron chi connectivity index (χ4n) is 2.28. The molecule has 1 aliphatic rings. The molecule has 0 radical (unpaired) electrons. The Kier molecular flexibility index (Phi) is 5.39. The average Bonchev–Trinajstić information content (AvgIpc) is 2.92. The fraction of sp³-hybridized carbons (Fsp3) is 0.471. The van der Waals surface area contributed by atoms with Crippen LogP contribution in [0.2, 0.25) is 0 Å². The van der Waals surface area contributed by atoms with Crippen LogP contribution in [0.1, 0.15) is 32.3 Å². The van der Waals surface area contributed by atoms with Crippen LogP contribution in [0.25, 0.3) is 6.08 Å². The van der Waals surface area contributed by atoms with Crippen molar-refractivity contribution >= 4 is 12.0 Å². The predicted octanol–water partition coefficient (Wildman–Crippen LogP) is 2.44. The molecule has 1 aromatic carbocycles. The zero-order valence-electron chi connectivity index (χ0n) is 12.8. The molecule has 1 aliphatic heterocycles. The first-order valence-corrected chi connectivity index (χ1v) is 7.58. The van der Waals surface area contributed by atoms with Gasteiger partial charge in [0.1, 0.15) is 5.75 Å². The maximum Gasteiger partial charge on any atom is 0.246 e. The van der Waals surface area contributed by atoms with E-state index < -0.39 is 0 Å². The molecule has 4 heteroatoms. The lowest BCUT2D eigenvalue weighted by atomic mass is 10.1. The molecule has 21 heavy (non-hydrogen) atoms. The van der Waals surface area contributed by atoms with Crippen molar-refractivity contribution in [3.05, 3.63) is 35.9 Å². The van der Waals surface area contributed by atoms with Crippen molar-refractivity contribution in [1.29, 1.82) is 0 Å². The van der Waals surface area contributed by atoms with Crippen molar-refractivity contribution in [1.82, 2.24) is 4.90 Å². The molecule has 2 N–H and O–H groups in total. The summed E-state index contributed by atoms with van der Waals surface area (Å²) in [5, 5.41) is 0. The summed E-state index contributed by atoms with van der Waals surface area (Å²) in [4.78, 5) is 13.9. The van der Waals surface area contributed by atoms with Crippen LogP contribution in [-0.4, -0.2) is 36.0 Å². The molecule has 1 fully saturated rings. The number of nitrogens with zero attached hydrogens (tertiary/aromatic N) is 1. The first kappa shape index (κ1) is 15.6. The van der Waals surface area contributed by atoms with Crippen LogP contribution in [0.3, 0.4) is 0 Å². The maximum atomic E-state index is 12.1. The molecule has 1 amide bonds. The van der Waals surface area contributed by atoms with Crippen LogP contribution >= 0.6 is 0 Å². The summed E-state index contributed by atoms with van der Waals surface area (Å²) in [6.45, 7) is 5.52. The Hall–Kier alpha value is -1.81. The molecule has 2 rings (SSSR count). The van der Waals surface area contributed by atoms with Gasteiger partial charge in [0.15, 0.2) is 0 Å². The molecular formula is C17H24N2O2. The first-order chi connectivity index (χ1) is 10.1. The molecule has 2 unspecified atom stereocenters. The van der Waals surface area contributed by atoms with Gasteiger partial charge in [0.2, 0.25) is 5.91 Å². The highest BCUT2D eigenvalue weighted by atomic mass is 16.5. The molecule has 1 aromatic rings. The summed E-state index contributed by atoms with van der Waals surface area (Å²) in [5.74, 6) is 0.829. The number of carbonyl (C=O) groups is 1. The van der Waals surface area contributed by atoms with Crippen LogP contribution in [0.5, 0.6) is 5.75 Å². The van der Waals surface area contributed by atoms with E-state index in [-0.39, 0.29) is 18.1 Å². The van der Waals surface area contributed by atoms with E-state index in [9.17, 15) is 4.79 Å². The number of hydrogen-bond donors (Lipinski definition) is 1. The monoisotopic (exact) mass is 288 g/mol. The van der Waals surface area contributed by atoms with Crippen LogP contribution < -0.4 is 10.5 Å². The van der Waals surface area contributed by atoms with Gasteiger partial charge in [-0.15, -0.1) is 0 Å². The van der Waals surface area contributed by atoms with Gasteiger partial charge in [-0.2, -0.15) is 0 Å². The van der Waals surface area contributed by atoms with E-state index in [2.05, 4.69) is 6.92 Å². The molecule has 1 heterocycles. The van der Waals surface area contributed by atoms with E-state index in [1.54, 1.807) is 11.0 Å². The molecular weight excluding hydrogens is 264 g/mol. The quantitative estimate of drug-likeness (QED) is 0.847. The number of amides is 1. The van der Waals surface area contributed by atoms with E-state index in [1.807, 2.05) is 37.3 Å². The van der Waals surface area contributed by atoms with Gasteiger partial charge in [-0.3, -0.25) is 4.79 Å². The SMILES string of the molecule is CCC(C)Oc1ccccc1/C=C/C(=O)N1CCC(N)C1. The van der Waals surface area contributed by atoms with Crippen molar-refractivity contribution in [2.45, 2.75) is 38.8 Å². The second-order valence-electron chi connectivity index (χ2n) is 5.54. The lowest BCUT2D eigenvalue weighted by Crippen LogP contribution is -2.30. The van der Waals surface area contributed by atoms with E-state index in [1.165, 1.54) is 0 Å². The standard InChI is InChI=1S/C17H24N2O2/c1-3-13(2)21-16-7-5-4-6-14(16)8-9-17(20)19-11-10-15(18)12-19/h4-9,13,15H,3,10-12,18H2,1-2H3/b9-8+. The van der Waals surface area contributed by atoms with E-state index in [0.717, 1.165) is 30.7 Å². The zero-order valence-corrected chi connectivity index (χ0v) is 12.8. The normalized spacial score (nSPS) is 20.0. The van der Waals surface area contributed by atoms with Gasteiger partial charge in [-0.05, 0) is 31.9 Å². The summed E-state index contributed by atoms with van der Waals surface area (Å²) in [5.41, 5.74) is 6.75. The van der Waals surface area contributed by atoms with Gasteiger partial charge in [0.05, 0.1) is 6.10 Å². The number of carbonyl (C=O) groups excluding carboxylic acids is 1. The third-order valence-corrected chi connectivity index (χ3v) is 3.76. The van der Waals surface area contributed by atoms with Crippen LogP contribution in [0.15, 0.2) is 30.3 Å². The minimum absolute atomic E-state index is 0.0151. The lowest BCUT2D eigenvalue weighted by Gasteiger charge is -2.15. The third-order valence-electron chi connectivity index (χ3n) is 3.76. The molecule has 0 saturated carbocycles. The van der Waals surface area contributed by atoms with E-state index >= 15 is 0 Å². The summed E-state index contributed by atoms with van der Waals surface area (Å²) in [6.07, 6.45) is 5.42. The Labute approximate surface area is 126 Å². The van der Waals surface area contributed by atoms with Crippen molar-refractivity contribution < 1.29 is 9.53 Å². The zero-order chi connectivity index (χ0) is 15.2. The van der Waals surface area contributed by atoms with Crippen molar-refractivity contribution in [2.75, 3.05) is 13.1 Å². The van der Waals surface area contributed by atoms with Crippen LogP contribution in [-0.2, 0) is 4.79 Å². The number of rotatable bonds is 5. The molecule has 0 bridgehead atoms. The topological polar surface area (TPSA) is 55.6 Å². The minimum atomic E-state index is 0.0151. The third kappa shape index (κ3) is 4.33. The molecule has 0 aliphatic carbocycles. The first-order valence-electron chi connectivity index (χ1n) is 7.58. The van der Waals surface area contributed by atoms with Crippen molar-refractivity contribution in [3.8, 4) is 5.75 Å². The number of para-hydroxylation sites is 1.